The van der Waals surface area contributed by atoms with Gasteiger partial charge in [0, 0.05) is 32.9 Å². The SMILES string of the molecule is c1cc(-c2ccc3c(c2)-c2cc(-n4c5ccccc5c5ccccc54)ccc2C3)cc(-n2c3ccccc3c3ccccc32)c1. The van der Waals surface area contributed by atoms with Crippen LogP contribution in [0.4, 0.5) is 0 Å². The fourth-order valence-electron chi connectivity index (χ4n) is 7.70. The minimum Gasteiger partial charge on any atom is -0.309 e. The molecule has 2 nitrogen and oxygen atoms in total. The van der Waals surface area contributed by atoms with Crippen molar-refractivity contribution in [3.8, 4) is 33.6 Å². The quantitative estimate of drug-likeness (QED) is 0.199. The number of fused-ring (bicyclic) bond motifs is 9. The molecule has 0 radical (unpaired) electrons. The van der Waals surface area contributed by atoms with Gasteiger partial charge >= 0.3 is 0 Å². The molecule has 0 N–H and O–H groups in total. The van der Waals surface area contributed by atoms with Crippen LogP contribution in [0.25, 0.3) is 77.2 Å². The first-order chi connectivity index (χ1) is 22.3. The van der Waals surface area contributed by atoms with Gasteiger partial charge in [0.25, 0.3) is 0 Å². The van der Waals surface area contributed by atoms with Crippen molar-refractivity contribution in [2.75, 3.05) is 0 Å². The van der Waals surface area contributed by atoms with E-state index in [1.54, 1.807) is 0 Å². The third kappa shape index (κ3) is 3.57. The molecule has 0 amide bonds. The molecule has 2 aromatic heterocycles. The third-order valence-electron chi connectivity index (χ3n) is 9.73. The van der Waals surface area contributed by atoms with E-state index in [0.717, 1.165) is 6.42 Å². The van der Waals surface area contributed by atoms with Crippen LogP contribution in [-0.4, -0.2) is 9.13 Å². The highest BCUT2D eigenvalue weighted by Gasteiger charge is 2.21. The van der Waals surface area contributed by atoms with E-state index in [2.05, 4.69) is 167 Å². The van der Waals surface area contributed by atoms with Crippen molar-refractivity contribution in [3.05, 3.63) is 169 Å². The van der Waals surface area contributed by atoms with Crippen molar-refractivity contribution in [1.82, 2.24) is 9.13 Å². The zero-order valence-electron chi connectivity index (χ0n) is 24.6. The summed E-state index contributed by atoms with van der Waals surface area (Å²) in [6.45, 7) is 0. The summed E-state index contributed by atoms with van der Waals surface area (Å²) >= 11 is 0. The highest BCUT2D eigenvalue weighted by molar-refractivity contribution is 6.10. The van der Waals surface area contributed by atoms with Crippen LogP contribution in [0.3, 0.4) is 0 Å². The first-order valence-electron chi connectivity index (χ1n) is 15.7. The molecule has 1 aliphatic carbocycles. The summed E-state index contributed by atoms with van der Waals surface area (Å²) in [5.74, 6) is 0. The maximum absolute atomic E-state index is 2.42. The molecule has 0 bridgehead atoms. The Morgan fingerprint density at radius 1 is 0.333 bits per heavy atom. The average molecular weight is 573 g/mol. The van der Waals surface area contributed by atoms with Gasteiger partial charge in [-0.1, -0.05) is 103 Å². The lowest BCUT2D eigenvalue weighted by molar-refractivity contribution is 1.17. The number of nitrogens with zero attached hydrogens (tertiary/aromatic N) is 2. The maximum Gasteiger partial charge on any atom is 0.0541 e. The Hall–Kier alpha value is -5.86. The van der Waals surface area contributed by atoms with Gasteiger partial charge in [-0.3, -0.25) is 0 Å². The predicted molar refractivity (Wildman–Crippen MR) is 189 cm³/mol. The summed E-state index contributed by atoms with van der Waals surface area (Å²) < 4.78 is 4.82. The van der Waals surface area contributed by atoms with Crippen LogP contribution in [0.1, 0.15) is 11.1 Å². The molecule has 10 rings (SSSR count). The van der Waals surface area contributed by atoms with Crippen molar-refractivity contribution in [3.63, 3.8) is 0 Å². The minimum atomic E-state index is 0.972. The van der Waals surface area contributed by atoms with Crippen LogP contribution in [0.15, 0.2) is 158 Å². The zero-order chi connectivity index (χ0) is 29.5. The number of aromatic nitrogens is 2. The van der Waals surface area contributed by atoms with E-state index < -0.39 is 0 Å². The monoisotopic (exact) mass is 572 g/mol. The van der Waals surface area contributed by atoms with Gasteiger partial charge in [-0.05, 0) is 94.4 Å². The number of benzene rings is 7. The Morgan fingerprint density at radius 2 is 0.778 bits per heavy atom. The van der Waals surface area contributed by atoms with Crippen LogP contribution < -0.4 is 0 Å². The summed E-state index contributed by atoms with van der Waals surface area (Å²) in [6, 6.07) is 58.0. The van der Waals surface area contributed by atoms with Gasteiger partial charge in [-0.25, -0.2) is 0 Å². The molecular formula is C43H28N2. The molecule has 45 heavy (non-hydrogen) atoms. The number of hydrogen-bond donors (Lipinski definition) is 0. The van der Waals surface area contributed by atoms with Gasteiger partial charge in [-0.2, -0.15) is 0 Å². The lowest BCUT2D eigenvalue weighted by atomic mass is 9.98. The minimum absolute atomic E-state index is 0.972. The molecular weight excluding hydrogens is 544 g/mol. The molecule has 7 aromatic carbocycles. The smallest absolute Gasteiger partial charge is 0.0541 e. The Balaban J connectivity index is 1.11. The second-order valence-electron chi connectivity index (χ2n) is 12.2. The van der Waals surface area contributed by atoms with Crippen LogP contribution in [0.2, 0.25) is 0 Å². The van der Waals surface area contributed by atoms with Gasteiger partial charge in [0.1, 0.15) is 0 Å². The fourth-order valence-corrected chi connectivity index (χ4v) is 7.70. The largest absolute Gasteiger partial charge is 0.309 e. The molecule has 0 fully saturated rings. The van der Waals surface area contributed by atoms with Gasteiger partial charge < -0.3 is 9.13 Å². The van der Waals surface area contributed by atoms with Gasteiger partial charge in [0.2, 0.25) is 0 Å². The summed E-state index contributed by atoms with van der Waals surface area (Å²) in [6.07, 6.45) is 0.972. The lowest BCUT2D eigenvalue weighted by Gasteiger charge is -2.12. The van der Waals surface area contributed by atoms with Crippen molar-refractivity contribution in [2.24, 2.45) is 0 Å². The molecule has 2 heterocycles. The summed E-state index contributed by atoms with van der Waals surface area (Å²) in [5, 5.41) is 5.15. The topological polar surface area (TPSA) is 9.86 Å². The molecule has 0 aliphatic heterocycles. The van der Waals surface area contributed by atoms with Crippen molar-refractivity contribution in [2.45, 2.75) is 6.42 Å². The van der Waals surface area contributed by atoms with Gasteiger partial charge in [0.05, 0.1) is 22.1 Å². The van der Waals surface area contributed by atoms with Gasteiger partial charge in [0.15, 0.2) is 0 Å². The highest BCUT2D eigenvalue weighted by atomic mass is 15.0. The highest BCUT2D eigenvalue weighted by Crippen LogP contribution is 2.42. The molecule has 0 unspecified atom stereocenters. The summed E-state index contributed by atoms with van der Waals surface area (Å²) in [5.41, 5.74) is 15.3. The first kappa shape index (κ1) is 24.6. The van der Waals surface area contributed by atoms with Gasteiger partial charge in [-0.15, -0.1) is 0 Å². The lowest BCUT2D eigenvalue weighted by Crippen LogP contribution is -1.95. The Morgan fingerprint density at radius 3 is 1.33 bits per heavy atom. The normalized spacial score (nSPS) is 12.4. The molecule has 0 saturated heterocycles. The number of hydrogen-bond acceptors (Lipinski definition) is 0. The van der Waals surface area contributed by atoms with Crippen molar-refractivity contribution >= 4 is 43.6 Å². The first-order valence-corrected chi connectivity index (χ1v) is 15.7. The van der Waals surface area contributed by atoms with E-state index in [4.69, 9.17) is 0 Å². The molecule has 210 valence electrons. The molecule has 9 aromatic rings. The van der Waals surface area contributed by atoms with E-state index in [9.17, 15) is 0 Å². The Bertz CT molecular complexity index is 2520. The van der Waals surface area contributed by atoms with E-state index in [1.165, 1.54) is 88.4 Å². The van der Waals surface area contributed by atoms with Crippen molar-refractivity contribution in [1.29, 1.82) is 0 Å². The number of para-hydroxylation sites is 4. The standard InChI is InChI=1S/C43H28N2/c1-5-16-40-34(12-1)35-13-2-6-17-41(35)44(40)32-11-9-10-28(25-32)29-20-21-30-24-31-22-23-33(27-39(31)38(30)26-29)45-42-18-7-3-14-36(42)37-15-4-8-19-43(37)45/h1-23,25-27H,24H2. The van der Waals surface area contributed by atoms with Crippen molar-refractivity contribution < 1.29 is 0 Å². The number of rotatable bonds is 3. The zero-order valence-corrected chi connectivity index (χ0v) is 24.6. The van der Waals surface area contributed by atoms with Crippen LogP contribution in [0, 0.1) is 0 Å². The fraction of sp³-hybridized carbons (Fsp3) is 0.0233. The molecule has 0 spiro atoms. The second kappa shape index (κ2) is 9.32. The molecule has 0 atom stereocenters. The molecule has 2 heteroatoms. The third-order valence-corrected chi connectivity index (χ3v) is 9.73. The van der Waals surface area contributed by atoms with E-state index >= 15 is 0 Å². The second-order valence-corrected chi connectivity index (χ2v) is 12.2. The van der Waals surface area contributed by atoms with E-state index in [1.807, 2.05) is 0 Å². The Labute approximate surface area is 261 Å². The summed E-state index contributed by atoms with van der Waals surface area (Å²) in [7, 11) is 0. The van der Waals surface area contributed by atoms with Crippen LogP contribution >= 0.6 is 0 Å². The molecule has 0 saturated carbocycles. The van der Waals surface area contributed by atoms with Crippen LogP contribution in [0.5, 0.6) is 0 Å². The Kier molecular flexibility index (Phi) is 5.09. The van der Waals surface area contributed by atoms with E-state index in [0.29, 0.717) is 0 Å². The summed E-state index contributed by atoms with van der Waals surface area (Å²) in [4.78, 5) is 0. The van der Waals surface area contributed by atoms with E-state index in [-0.39, 0.29) is 0 Å². The maximum atomic E-state index is 2.42. The molecule has 1 aliphatic rings. The average Bonchev–Trinajstić information content (AvgIpc) is 3.75. The predicted octanol–water partition coefficient (Wildman–Crippen LogP) is 11.1. The van der Waals surface area contributed by atoms with Crippen LogP contribution in [-0.2, 0) is 6.42 Å².